The van der Waals surface area contributed by atoms with Crippen LogP contribution >= 0.6 is 0 Å². The third-order valence-corrected chi connectivity index (χ3v) is 4.52. The molecule has 1 aromatic carbocycles. The number of pyridine rings is 1. The summed E-state index contributed by atoms with van der Waals surface area (Å²) in [7, 11) is 1.84. The zero-order chi connectivity index (χ0) is 15.8. The van der Waals surface area contributed by atoms with Crippen molar-refractivity contribution in [3.63, 3.8) is 0 Å². The lowest BCUT2D eigenvalue weighted by Crippen LogP contribution is -2.56. The van der Waals surface area contributed by atoms with Crippen LogP contribution in [-0.4, -0.2) is 41.2 Å². The summed E-state index contributed by atoms with van der Waals surface area (Å²) < 4.78 is 0. The number of fused-ring (bicyclic) bond motifs is 1. The molecule has 0 atom stereocenters. The second-order valence-electron chi connectivity index (χ2n) is 5.89. The molecule has 2 aromatic heterocycles. The third-order valence-electron chi connectivity index (χ3n) is 4.52. The van der Waals surface area contributed by atoms with Crippen LogP contribution in [0.15, 0.2) is 48.8 Å². The van der Waals surface area contributed by atoms with Crippen molar-refractivity contribution in [2.24, 2.45) is 0 Å². The Morgan fingerprint density at radius 2 is 2.09 bits per heavy atom. The Morgan fingerprint density at radius 3 is 2.83 bits per heavy atom. The van der Waals surface area contributed by atoms with Crippen LogP contribution in [0, 0.1) is 6.57 Å². The van der Waals surface area contributed by atoms with Gasteiger partial charge in [-0.25, -0.2) is 4.98 Å². The van der Waals surface area contributed by atoms with Gasteiger partial charge in [0.25, 0.3) is 0 Å². The molecule has 0 bridgehead atoms. The number of nitrogens with one attached hydrogen (secondary N) is 1. The first-order valence-corrected chi connectivity index (χ1v) is 7.64. The highest BCUT2D eigenvalue weighted by Gasteiger charge is 2.33. The van der Waals surface area contributed by atoms with Crippen molar-refractivity contribution in [3.05, 3.63) is 60.3 Å². The zero-order valence-electron chi connectivity index (χ0n) is 12.9. The molecule has 4 rings (SSSR count). The van der Waals surface area contributed by atoms with Gasteiger partial charge in [0.05, 0.1) is 18.9 Å². The number of anilines is 1. The van der Waals surface area contributed by atoms with Gasteiger partial charge in [-0.2, -0.15) is 11.5 Å². The average Bonchev–Trinajstić information content (AvgIpc) is 2.97. The Kier molecular flexibility index (Phi) is 3.16. The first-order chi connectivity index (χ1) is 11.3. The van der Waals surface area contributed by atoms with Gasteiger partial charge in [-0.15, -0.1) is 5.01 Å². The molecular weight excluding hydrogens is 286 g/mol. The van der Waals surface area contributed by atoms with Gasteiger partial charge in [0.15, 0.2) is 0 Å². The monoisotopic (exact) mass is 303 g/mol. The molecule has 114 valence electrons. The van der Waals surface area contributed by atoms with E-state index in [1.807, 2.05) is 37.6 Å². The minimum absolute atomic E-state index is 0.308. The molecule has 1 fully saturated rings. The van der Waals surface area contributed by atoms with E-state index >= 15 is 0 Å². The zero-order valence-corrected chi connectivity index (χ0v) is 12.9. The van der Waals surface area contributed by atoms with Crippen molar-refractivity contribution in [2.75, 3.05) is 25.0 Å². The van der Waals surface area contributed by atoms with E-state index in [4.69, 9.17) is 6.57 Å². The van der Waals surface area contributed by atoms with Gasteiger partial charge in [-0.05, 0) is 11.6 Å². The van der Waals surface area contributed by atoms with Gasteiger partial charge in [-0.3, -0.25) is 0 Å². The highest BCUT2D eigenvalue weighted by atomic mass is 15.5. The molecule has 0 amide bonds. The Morgan fingerprint density at radius 1 is 1.30 bits per heavy atom. The van der Waals surface area contributed by atoms with Crippen LogP contribution < -0.4 is 4.90 Å². The predicted molar refractivity (Wildman–Crippen MR) is 91.9 cm³/mol. The summed E-state index contributed by atoms with van der Waals surface area (Å²) in [6.07, 6.45) is 3.92. The number of aromatic amines is 1. The Hall–Kier alpha value is -3.00. The minimum atomic E-state index is 0.308. The molecule has 3 heterocycles. The molecule has 0 radical (unpaired) electrons. The number of H-pyrrole nitrogens is 1. The fourth-order valence-electron chi connectivity index (χ4n) is 3.01. The molecule has 0 spiro atoms. The van der Waals surface area contributed by atoms with Gasteiger partial charge in [-0.1, -0.05) is 30.3 Å². The normalized spacial score (nSPS) is 14.5. The molecule has 23 heavy (non-hydrogen) atoms. The van der Waals surface area contributed by atoms with E-state index in [1.54, 1.807) is 5.01 Å². The van der Waals surface area contributed by atoms with Crippen molar-refractivity contribution in [1.82, 2.24) is 15.0 Å². The van der Waals surface area contributed by atoms with Gasteiger partial charge in [0.1, 0.15) is 11.7 Å². The summed E-state index contributed by atoms with van der Waals surface area (Å²) in [5.74, 6) is 0. The van der Waals surface area contributed by atoms with Crippen LogP contribution in [0.2, 0.25) is 0 Å². The van der Waals surface area contributed by atoms with E-state index in [-0.39, 0.29) is 0 Å². The molecule has 1 saturated heterocycles. The second-order valence-corrected chi connectivity index (χ2v) is 5.89. The molecule has 1 aliphatic rings. The Bertz CT molecular complexity index is 871. The average molecular weight is 303 g/mol. The van der Waals surface area contributed by atoms with Gasteiger partial charge >= 0.3 is 0 Å². The summed E-state index contributed by atoms with van der Waals surface area (Å²) >= 11 is 0. The van der Waals surface area contributed by atoms with Crippen LogP contribution in [0.3, 0.4) is 0 Å². The Balaban J connectivity index is 1.65. The van der Waals surface area contributed by atoms with E-state index in [0.29, 0.717) is 6.04 Å². The largest absolute Gasteiger partial charge is 0.365 e. The number of aromatic nitrogens is 2. The third kappa shape index (κ3) is 2.29. The molecule has 0 aliphatic carbocycles. The van der Waals surface area contributed by atoms with E-state index in [9.17, 15) is 0 Å². The van der Waals surface area contributed by atoms with Gasteiger partial charge in [0.2, 0.25) is 0 Å². The van der Waals surface area contributed by atoms with Crippen LogP contribution in [-0.2, 0) is 0 Å². The first kappa shape index (κ1) is 13.6. The molecule has 1 aliphatic heterocycles. The van der Waals surface area contributed by atoms with Gasteiger partial charge in [0, 0.05) is 30.2 Å². The summed E-state index contributed by atoms with van der Waals surface area (Å²) in [5, 5.41) is 2.84. The summed E-state index contributed by atoms with van der Waals surface area (Å²) in [4.78, 5) is 13.5. The van der Waals surface area contributed by atoms with E-state index in [2.05, 4.69) is 38.0 Å². The first-order valence-electron chi connectivity index (χ1n) is 7.64. The van der Waals surface area contributed by atoms with Crippen molar-refractivity contribution in [3.8, 4) is 11.1 Å². The number of hydrogen-bond donors (Lipinski definition) is 1. The summed E-state index contributed by atoms with van der Waals surface area (Å²) in [6.45, 7) is 8.82. The fourth-order valence-corrected chi connectivity index (χ4v) is 3.01. The van der Waals surface area contributed by atoms with Gasteiger partial charge < -0.3 is 9.88 Å². The molecule has 1 N–H and O–H groups in total. The van der Waals surface area contributed by atoms with Crippen molar-refractivity contribution in [1.29, 1.82) is 0 Å². The van der Waals surface area contributed by atoms with Crippen LogP contribution in [0.4, 0.5) is 5.69 Å². The summed E-state index contributed by atoms with van der Waals surface area (Å²) in [5.41, 5.74) is 4.38. The standard InChI is InChI=1S/C18H17N5/c1-19-22(2)15-11-23(12-15)14-8-16-17(10-21-18(16)20-9-14)13-6-4-3-5-7-13/h3-10,15H,11-12H2,2H3,(H,20,21). The van der Waals surface area contributed by atoms with E-state index in [1.165, 1.54) is 11.1 Å². The molecule has 5 heteroatoms. The quantitative estimate of drug-likeness (QED) is 0.596. The number of hydrogen-bond acceptors (Lipinski definition) is 3. The van der Waals surface area contributed by atoms with E-state index < -0.39 is 0 Å². The summed E-state index contributed by atoms with van der Waals surface area (Å²) in [6, 6.07) is 12.8. The van der Waals surface area contributed by atoms with Crippen molar-refractivity contribution >= 4 is 16.7 Å². The maximum absolute atomic E-state index is 7.07. The topological polar surface area (TPSA) is 39.5 Å². The number of nitrogens with zero attached hydrogens (tertiary/aromatic N) is 4. The highest BCUT2D eigenvalue weighted by Crippen LogP contribution is 2.31. The maximum Gasteiger partial charge on any atom is 0.138 e. The van der Waals surface area contributed by atoms with Crippen LogP contribution in [0.5, 0.6) is 0 Å². The highest BCUT2D eigenvalue weighted by molar-refractivity contribution is 5.95. The molecular formula is C18H17N5. The lowest BCUT2D eigenvalue weighted by Gasteiger charge is -2.40. The SMILES string of the molecule is [C-]#[N+]N(C)C1CN(c2cnc3[nH]cc(-c4ccccc4)c3c2)C1. The predicted octanol–water partition coefficient (Wildman–Crippen LogP) is 3.18. The van der Waals surface area contributed by atoms with Crippen LogP contribution in [0.1, 0.15) is 0 Å². The van der Waals surface area contributed by atoms with Crippen molar-refractivity contribution in [2.45, 2.75) is 6.04 Å². The second kappa shape index (κ2) is 5.33. The molecule has 0 saturated carbocycles. The molecule has 5 nitrogen and oxygen atoms in total. The van der Waals surface area contributed by atoms with Crippen LogP contribution in [0.25, 0.3) is 27.1 Å². The molecule has 0 unspecified atom stereocenters. The smallest absolute Gasteiger partial charge is 0.138 e. The number of benzene rings is 1. The lowest BCUT2D eigenvalue weighted by atomic mass is 10.0. The van der Waals surface area contributed by atoms with Crippen molar-refractivity contribution < 1.29 is 0 Å². The lowest BCUT2D eigenvalue weighted by molar-refractivity contribution is 0.272. The number of likely N-dealkylation sites (N-methyl/N-ethyl adjacent to an activating group) is 1. The minimum Gasteiger partial charge on any atom is -0.365 e. The number of rotatable bonds is 3. The fraction of sp³-hybridized carbons (Fsp3) is 0.222. The maximum atomic E-state index is 7.07. The van der Waals surface area contributed by atoms with E-state index in [0.717, 1.165) is 29.8 Å². The Labute approximate surface area is 135 Å². The molecule has 3 aromatic rings.